The van der Waals surface area contributed by atoms with E-state index in [1.54, 1.807) is 28.7 Å². The summed E-state index contributed by atoms with van der Waals surface area (Å²) in [5, 5.41) is 8.53. The Balaban J connectivity index is 3.54. The Hall–Kier alpha value is -0.350. The number of nitrogens with zero attached hydrogens (tertiary/aromatic N) is 1. The lowest BCUT2D eigenvalue weighted by molar-refractivity contribution is 0.616. The minimum Gasteiger partial charge on any atom is -0.398 e. The van der Waals surface area contributed by atoms with Crippen molar-refractivity contribution in [2.24, 2.45) is 0 Å². The van der Waals surface area contributed by atoms with Gasteiger partial charge in [0.05, 0.1) is 9.26 Å². The number of anilines is 1. The molecule has 0 aliphatic carbocycles. The van der Waals surface area contributed by atoms with E-state index in [2.05, 4.69) is 15.9 Å². The molecule has 5 heteroatoms. The Morgan fingerprint density at radius 2 is 2.25 bits per heavy atom. The number of rotatable bonds is 0. The van der Waals surface area contributed by atoms with Crippen molar-refractivity contribution < 1.29 is 4.39 Å². The summed E-state index contributed by atoms with van der Waals surface area (Å²) in [6, 6.07) is 3.22. The van der Waals surface area contributed by atoms with Crippen molar-refractivity contribution in [3.63, 3.8) is 0 Å². The second-order valence-corrected chi connectivity index (χ2v) is 4.00. The van der Waals surface area contributed by atoms with Crippen LogP contribution in [0.25, 0.3) is 0 Å². The minimum atomic E-state index is -0.565. The van der Waals surface area contributed by atoms with Crippen LogP contribution in [0, 0.1) is 20.7 Å². The number of hydrogen-bond acceptors (Lipinski definition) is 2. The monoisotopic (exact) mass is 340 g/mol. The third-order valence-corrected chi connectivity index (χ3v) is 3.73. The highest BCUT2D eigenvalue weighted by atomic mass is 127. The van der Waals surface area contributed by atoms with Gasteiger partial charge in [-0.15, -0.1) is 0 Å². The summed E-state index contributed by atoms with van der Waals surface area (Å²) in [6.45, 7) is 0. The maximum Gasteiger partial charge on any atom is 0.157 e. The average Bonchev–Trinajstić information content (AvgIpc) is 2.01. The third kappa shape index (κ3) is 1.54. The molecule has 0 bridgehead atoms. The van der Waals surface area contributed by atoms with E-state index in [1.807, 2.05) is 0 Å². The van der Waals surface area contributed by atoms with Crippen LogP contribution >= 0.6 is 38.5 Å². The zero-order valence-electron chi connectivity index (χ0n) is 5.74. The van der Waals surface area contributed by atoms with Crippen LogP contribution in [0.2, 0.25) is 0 Å². The Morgan fingerprint density at radius 3 is 2.75 bits per heavy atom. The molecule has 2 N–H and O–H groups in total. The molecular weight excluding hydrogens is 338 g/mol. The predicted molar refractivity (Wildman–Crippen MR) is 55.9 cm³/mol. The number of hydrogen-bond donors (Lipinski definition) is 1. The molecule has 2 nitrogen and oxygen atoms in total. The molecule has 0 saturated heterocycles. The molecule has 1 aromatic rings. The molecule has 0 amide bonds. The van der Waals surface area contributed by atoms with E-state index in [9.17, 15) is 4.39 Å². The van der Waals surface area contributed by atoms with Crippen molar-refractivity contribution in [1.82, 2.24) is 0 Å². The lowest BCUT2D eigenvalue weighted by atomic mass is 10.2. The van der Waals surface area contributed by atoms with Crippen LogP contribution < -0.4 is 5.73 Å². The molecule has 62 valence electrons. The summed E-state index contributed by atoms with van der Waals surface area (Å²) in [5.74, 6) is -0.565. The molecule has 0 spiro atoms. The van der Waals surface area contributed by atoms with E-state index < -0.39 is 5.82 Å². The number of benzene rings is 1. The molecular formula is C7H3BrFIN2. The highest BCUT2D eigenvalue weighted by molar-refractivity contribution is 14.1. The molecule has 0 saturated carbocycles. The average molecular weight is 341 g/mol. The van der Waals surface area contributed by atoms with Gasteiger partial charge in [-0.05, 0) is 44.6 Å². The van der Waals surface area contributed by atoms with Crippen LogP contribution in [-0.4, -0.2) is 0 Å². The molecule has 12 heavy (non-hydrogen) atoms. The quantitative estimate of drug-likeness (QED) is 0.448. The summed E-state index contributed by atoms with van der Waals surface area (Å²) in [5.41, 5.74) is 5.47. The fourth-order valence-electron chi connectivity index (χ4n) is 0.727. The molecule has 0 atom stereocenters. The van der Waals surface area contributed by atoms with Crippen LogP contribution in [0.3, 0.4) is 0 Å². The topological polar surface area (TPSA) is 49.8 Å². The van der Waals surface area contributed by atoms with Crippen LogP contribution in [-0.2, 0) is 0 Å². The molecule has 0 unspecified atom stereocenters. The first-order valence-electron chi connectivity index (χ1n) is 2.91. The zero-order valence-corrected chi connectivity index (χ0v) is 9.48. The normalized spacial score (nSPS) is 9.50. The summed E-state index contributed by atoms with van der Waals surface area (Å²) in [4.78, 5) is 0. The van der Waals surface area contributed by atoms with Crippen LogP contribution in [0.4, 0.5) is 10.1 Å². The van der Waals surface area contributed by atoms with Gasteiger partial charge in [0, 0.05) is 4.47 Å². The molecule has 1 aromatic carbocycles. The van der Waals surface area contributed by atoms with Gasteiger partial charge in [0.2, 0.25) is 0 Å². The van der Waals surface area contributed by atoms with Gasteiger partial charge in [0.15, 0.2) is 5.82 Å². The predicted octanol–water partition coefficient (Wildman–Crippen LogP) is 2.65. The van der Waals surface area contributed by atoms with Crippen molar-refractivity contribution in [1.29, 1.82) is 5.26 Å². The SMILES string of the molecule is N#Cc1c(N)cc(Br)c(I)c1F. The Morgan fingerprint density at radius 1 is 1.67 bits per heavy atom. The summed E-state index contributed by atoms with van der Waals surface area (Å²) in [7, 11) is 0. The van der Waals surface area contributed by atoms with Crippen LogP contribution in [0.5, 0.6) is 0 Å². The van der Waals surface area contributed by atoms with Crippen molar-refractivity contribution in [3.05, 3.63) is 25.5 Å². The maximum atomic E-state index is 13.2. The van der Waals surface area contributed by atoms with Gasteiger partial charge in [0.25, 0.3) is 0 Å². The largest absolute Gasteiger partial charge is 0.398 e. The lowest BCUT2D eigenvalue weighted by Gasteiger charge is -2.02. The van der Waals surface area contributed by atoms with Gasteiger partial charge in [-0.25, -0.2) is 4.39 Å². The molecule has 0 aliphatic rings. The van der Waals surface area contributed by atoms with Gasteiger partial charge in [-0.2, -0.15) is 5.26 Å². The van der Waals surface area contributed by atoms with E-state index in [-0.39, 0.29) is 11.3 Å². The van der Waals surface area contributed by atoms with E-state index in [1.165, 1.54) is 6.07 Å². The van der Waals surface area contributed by atoms with E-state index in [0.29, 0.717) is 8.04 Å². The first-order chi connectivity index (χ1) is 5.57. The molecule has 1 rings (SSSR count). The lowest BCUT2D eigenvalue weighted by Crippen LogP contribution is -1.97. The number of nitriles is 1. The van der Waals surface area contributed by atoms with Crippen LogP contribution in [0.1, 0.15) is 5.56 Å². The second kappa shape index (κ2) is 3.58. The highest BCUT2D eigenvalue weighted by Gasteiger charge is 2.12. The van der Waals surface area contributed by atoms with Crippen molar-refractivity contribution in [2.45, 2.75) is 0 Å². The molecule has 0 heterocycles. The zero-order chi connectivity index (χ0) is 9.30. The van der Waals surface area contributed by atoms with E-state index >= 15 is 0 Å². The highest BCUT2D eigenvalue weighted by Crippen LogP contribution is 2.28. The second-order valence-electron chi connectivity index (χ2n) is 2.06. The molecule has 0 radical (unpaired) electrons. The van der Waals surface area contributed by atoms with Crippen molar-refractivity contribution >= 4 is 44.2 Å². The number of nitrogen functional groups attached to an aromatic ring is 1. The number of halogens is 3. The summed E-state index contributed by atoms with van der Waals surface area (Å²) in [6.07, 6.45) is 0. The van der Waals surface area contributed by atoms with Gasteiger partial charge in [-0.3, -0.25) is 0 Å². The third-order valence-electron chi connectivity index (χ3n) is 1.30. The standard InChI is InChI=1S/C7H3BrFIN2/c8-4-1-5(12)3(2-11)6(9)7(4)10/h1H,12H2. The molecule has 0 aliphatic heterocycles. The van der Waals surface area contributed by atoms with E-state index in [4.69, 9.17) is 11.0 Å². The van der Waals surface area contributed by atoms with Crippen LogP contribution in [0.15, 0.2) is 10.5 Å². The first kappa shape index (κ1) is 9.74. The maximum absolute atomic E-state index is 13.2. The van der Waals surface area contributed by atoms with Gasteiger partial charge >= 0.3 is 0 Å². The summed E-state index contributed by atoms with van der Waals surface area (Å²) < 4.78 is 14.1. The van der Waals surface area contributed by atoms with E-state index in [0.717, 1.165) is 0 Å². The van der Waals surface area contributed by atoms with Crippen molar-refractivity contribution in [3.8, 4) is 6.07 Å². The Kier molecular flexibility index (Phi) is 2.90. The fourth-order valence-corrected chi connectivity index (χ4v) is 1.57. The van der Waals surface area contributed by atoms with Gasteiger partial charge in [-0.1, -0.05) is 0 Å². The van der Waals surface area contributed by atoms with Crippen molar-refractivity contribution in [2.75, 3.05) is 5.73 Å². The Bertz CT molecular complexity index is 373. The summed E-state index contributed by atoms with van der Waals surface area (Å²) >= 11 is 4.93. The first-order valence-corrected chi connectivity index (χ1v) is 4.78. The molecule has 0 fully saturated rings. The number of nitrogens with two attached hydrogens (primary N) is 1. The van der Waals surface area contributed by atoms with Gasteiger partial charge in [0.1, 0.15) is 11.6 Å². The van der Waals surface area contributed by atoms with Gasteiger partial charge < -0.3 is 5.73 Å². The smallest absolute Gasteiger partial charge is 0.157 e. The molecule has 0 aromatic heterocycles. The minimum absolute atomic E-state index is 0.0948. The Labute approximate surface area is 90.8 Å². The fraction of sp³-hybridized carbons (Fsp3) is 0.